The minimum Gasteiger partial charge on any atom is -0.468 e. The lowest BCUT2D eigenvalue weighted by Gasteiger charge is -2.31. The van der Waals surface area contributed by atoms with Crippen LogP contribution in [0.15, 0.2) is 22.8 Å². The van der Waals surface area contributed by atoms with Crippen LogP contribution in [0, 0.1) is 5.41 Å². The van der Waals surface area contributed by atoms with Crippen molar-refractivity contribution in [2.24, 2.45) is 5.41 Å². The standard InChI is InChI=1S/C16H26N2O3/c1-19-9-6-17-5-4-16(12-17)13-18(7-10-20-14-16)11-15-3-2-8-21-15/h2-3,8H,4-7,9-14H2,1H3/t16-/m1/s1. The van der Waals surface area contributed by atoms with Crippen LogP contribution < -0.4 is 0 Å². The zero-order valence-corrected chi connectivity index (χ0v) is 12.9. The second-order valence-corrected chi connectivity index (χ2v) is 6.36. The van der Waals surface area contributed by atoms with Gasteiger partial charge in [-0.25, -0.2) is 0 Å². The fourth-order valence-electron chi connectivity index (χ4n) is 3.53. The van der Waals surface area contributed by atoms with Crippen molar-refractivity contribution in [1.29, 1.82) is 0 Å². The number of likely N-dealkylation sites (tertiary alicyclic amines) is 1. The van der Waals surface area contributed by atoms with Gasteiger partial charge in [-0.2, -0.15) is 0 Å². The summed E-state index contributed by atoms with van der Waals surface area (Å²) < 4.78 is 16.6. The van der Waals surface area contributed by atoms with Crippen molar-refractivity contribution in [2.75, 3.05) is 59.7 Å². The van der Waals surface area contributed by atoms with Gasteiger partial charge in [0, 0.05) is 38.7 Å². The van der Waals surface area contributed by atoms with Crippen LogP contribution in [-0.2, 0) is 16.0 Å². The van der Waals surface area contributed by atoms with E-state index in [0.29, 0.717) is 0 Å². The Morgan fingerprint density at radius 2 is 2.19 bits per heavy atom. The Morgan fingerprint density at radius 3 is 3.00 bits per heavy atom. The van der Waals surface area contributed by atoms with Crippen LogP contribution in [0.25, 0.3) is 0 Å². The van der Waals surface area contributed by atoms with Crippen LogP contribution >= 0.6 is 0 Å². The van der Waals surface area contributed by atoms with Crippen LogP contribution in [0.3, 0.4) is 0 Å². The molecule has 118 valence electrons. The summed E-state index contributed by atoms with van der Waals surface area (Å²) >= 11 is 0. The molecule has 2 aliphatic rings. The molecule has 1 spiro atoms. The van der Waals surface area contributed by atoms with Gasteiger partial charge >= 0.3 is 0 Å². The Hall–Kier alpha value is -0.880. The van der Waals surface area contributed by atoms with Crippen molar-refractivity contribution >= 4 is 0 Å². The molecule has 0 N–H and O–H groups in total. The van der Waals surface area contributed by atoms with Crippen molar-refractivity contribution in [3.8, 4) is 0 Å². The molecule has 0 aromatic carbocycles. The van der Waals surface area contributed by atoms with Gasteiger partial charge in [-0.15, -0.1) is 0 Å². The summed E-state index contributed by atoms with van der Waals surface area (Å²) in [6, 6.07) is 4.01. The van der Waals surface area contributed by atoms with Crippen LogP contribution in [0.2, 0.25) is 0 Å². The molecular formula is C16H26N2O3. The van der Waals surface area contributed by atoms with Gasteiger partial charge in [0.1, 0.15) is 5.76 Å². The molecule has 0 bridgehead atoms. The lowest BCUT2D eigenvalue weighted by atomic mass is 9.87. The third-order valence-electron chi connectivity index (χ3n) is 4.61. The predicted molar refractivity (Wildman–Crippen MR) is 80.2 cm³/mol. The molecule has 0 unspecified atom stereocenters. The number of ether oxygens (including phenoxy) is 2. The Morgan fingerprint density at radius 1 is 1.29 bits per heavy atom. The van der Waals surface area contributed by atoms with Crippen molar-refractivity contribution in [2.45, 2.75) is 13.0 Å². The second kappa shape index (κ2) is 6.92. The highest BCUT2D eigenvalue weighted by molar-refractivity contribution is 5.00. The molecule has 21 heavy (non-hydrogen) atoms. The lowest BCUT2D eigenvalue weighted by molar-refractivity contribution is 0.0680. The average Bonchev–Trinajstić information content (AvgIpc) is 3.07. The summed E-state index contributed by atoms with van der Waals surface area (Å²) in [7, 11) is 1.77. The van der Waals surface area contributed by atoms with E-state index in [1.54, 1.807) is 13.4 Å². The topological polar surface area (TPSA) is 38.1 Å². The number of rotatable bonds is 5. The fraction of sp³-hybridized carbons (Fsp3) is 0.750. The average molecular weight is 294 g/mol. The van der Waals surface area contributed by atoms with Crippen LogP contribution in [-0.4, -0.2) is 69.5 Å². The first kappa shape index (κ1) is 15.0. The molecule has 5 heteroatoms. The van der Waals surface area contributed by atoms with Crippen molar-refractivity contribution in [3.05, 3.63) is 24.2 Å². The molecule has 0 radical (unpaired) electrons. The van der Waals surface area contributed by atoms with E-state index >= 15 is 0 Å². The summed E-state index contributed by atoms with van der Waals surface area (Å²) in [5.41, 5.74) is 0.275. The van der Waals surface area contributed by atoms with E-state index < -0.39 is 0 Å². The van der Waals surface area contributed by atoms with E-state index in [0.717, 1.165) is 64.8 Å². The molecule has 2 aliphatic heterocycles. The highest BCUT2D eigenvalue weighted by Gasteiger charge is 2.40. The monoisotopic (exact) mass is 294 g/mol. The maximum Gasteiger partial charge on any atom is 0.117 e. The van der Waals surface area contributed by atoms with Gasteiger partial charge < -0.3 is 18.8 Å². The summed E-state index contributed by atoms with van der Waals surface area (Å²) in [5.74, 6) is 1.04. The second-order valence-electron chi connectivity index (χ2n) is 6.36. The first-order valence-corrected chi connectivity index (χ1v) is 7.83. The first-order chi connectivity index (χ1) is 10.3. The van der Waals surface area contributed by atoms with Gasteiger partial charge in [0.2, 0.25) is 0 Å². The van der Waals surface area contributed by atoms with E-state index in [-0.39, 0.29) is 5.41 Å². The smallest absolute Gasteiger partial charge is 0.117 e. The molecule has 1 atom stereocenters. The molecule has 2 saturated heterocycles. The van der Waals surface area contributed by atoms with Gasteiger partial charge in [-0.05, 0) is 25.1 Å². The molecule has 0 amide bonds. The molecule has 0 saturated carbocycles. The van der Waals surface area contributed by atoms with Gasteiger partial charge in [0.15, 0.2) is 0 Å². The Labute approximate surface area is 126 Å². The minimum atomic E-state index is 0.275. The Bertz CT molecular complexity index is 423. The van der Waals surface area contributed by atoms with Crippen molar-refractivity contribution in [1.82, 2.24) is 9.80 Å². The van der Waals surface area contributed by atoms with E-state index in [9.17, 15) is 0 Å². The largest absolute Gasteiger partial charge is 0.468 e. The molecule has 3 heterocycles. The number of hydrogen-bond donors (Lipinski definition) is 0. The summed E-state index contributed by atoms with van der Waals surface area (Å²) in [5, 5.41) is 0. The Kier molecular flexibility index (Phi) is 4.95. The molecule has 0 aliphatic carbocycles. The normalized spacial score (nSPS) is 28.2. The SMILES string of the molecule is COCCN1CC[C@@]2(COCCN(Cc3ccco3)C2)C1. The molecular weight excluding hydrogens is 268 g/mol. The van der Waals surface area contributed by atoms with Gasteiger partial charge in [0.25, 0.3) is 0 Å². The maximum absolute atomic E-state index is 5.90. The van der Waals surface area contributed by atoms with E-state index in [4.69, 9.17) is 13.9 Å². The highest BCUT2D eigenvalue weighted by Crippen LogP contribution is 2.33. The van der Waals surface area contributed by atoms with Crippen molar-refractivity contribution in [3.63, 3.8) is 0 Å². The molecule has 1 aromatic heterocycles. The summed E-state index contributed by atoms with van der Waals surface area (Å²) in [4.78, 5) is 4.98. The Balaban J connectivity index is 1.59. The summed E-state index contributed by atoms with van der Waals surface area (Å²) in [6.07, 6.45) is 2.97. The summed E-state index contributed by atoms with van der Waals surface area (Å²) in [6.45, 7) is 8.77. The number of furan rings is 1. The minimum absolute atomic E-state index is 0.275. The van der Waals surface area contributed by atoms with Crippen LogP contribution in [0.1, 0.15) is 12.2 Å². The van der Waals surface area contributed by atoms with Crippen LogP contribution in [0.5, 0.6) is 0 Å². The molecule has 2 fully saturated rings. The number of nitrogens with zero attached hydrogens (tertiary/aromatic N) is 2. The number of methoxy groups -OCH3 is 1. The third kappa shape index (κ3) is 3.86. The quantitative estimate of drug-likeness (QED) is 0.822. The zero-order valence-electron chi connectivity index (χ0n) is 12.9. The van der Waals surface area contributed by atoms with Gasteiger partial charge in [-0.3, -0.25) is 4.90 Å². The fourth-order valence-corrected chi connectivity index (χ4v) is 3.53. The lowest BCUT2D eigenvalue weighted by Crippen LogP contribution is -2.40. The van der Waals surface area contributed by atoms with E-state index in [2.05, 4.69) is 15.9 Å². The maximum atomic E-state index is 5.90. The zero-order chi connectivity index (χ0) is 14.5. The molecule has 3 rings (SSSR count). The predicted octanol–water partition coefficient (Wildman–Crippen LogP) is 1.45. The first-order valence-electron chi connectivity index (χ1n) is 7.83. The molecule has 5 nitrogen and oxygen atoms in total. The van der Waals surface area contributed by atoms with Gasteiger partial charge in [0.05, 0.1) is 32.6 Å². The molecule has 1 aromatic rings. The van der Waals surface area contributed by atoms with Crippen molar-refractivity contribution < 1.29 is 13.9 Å². The number of hydrogen-bond acceptors (Lipinski definition) is 5. The van der Waals surface area contributed by atoms with E-state index in [1.807, 2.05) is 6.07 Å². The van der Waals surface area contributed by atoms with E-state index in [1.165, 1.54) is 6.42 Å². The van der Waals surface area contributed by atoms with Crippen LogP contribution in [0.4, 0.5) is 0 Å². The highest BCUT2D eigenvalue weighted by atomic mass is 16.5. The third-order valence-corrected chi connectivity index (χ3v) is 4.61. The van der Waals surface area contributed by atoms with Gasteiger partial charge in [-0.1, -0.05) is 0 Å².